The molecule has 0 bridgehead atoms. The standard InChI is InChI=1S/C15H28N2O4/c1-3-4-5-6-7-8-14(19)16-12-17(11-13(2)18)10-9-15(20)21/h3-4,13,18H,5-12H2,1-2H3,(H,16,19)(H,20,21)/b4-3+. The molecule has 1 unspecified atom stereocenters. The largest absolute Gasteiger partial charge is 0.481 e. The van der Waals surface area contributed by atoms with Crippen LogP contribution in [0.2, 0.25) is 0 Å². The maximum absolute atomic E-state index is 11.7. The fourth-order valence-electron chi connectivity index (χ4n) is 1.87. The highest BCUT2D eigenvalue weighted by Gasteiger charge is 2.11. The van der Waals surface area contributed by atoms with E-state index in [2.05, 4.69) is 11.4 Å². The molecule has 0 spiro atoms. The summed E-state index contributed by atoms with van der Waals surface area (Å²) in [5, 5.41) is 20.8. The number of hydrogen-bond acceptors (Lipinski definition) is 4. The normalized spacial score (nSPS) is 12.8. The number of carbonyl (C=O) groups is 2. The van der Waals surface area contributed by atoms with Gasteiger partial charge in [0.05, 0.1) is 19.2 Å². The average molecular weight is 300 g/mol. The molecule has 122 valence electrons. The first-order valence-electron chi connectivity index (χ1n) is 7.45. The van der Waals surface area contributed by atoms with Gasteiger partial charge in [0.1, 0.15) is 0 Å². The summed E-state index contributed by atoms with van der Waals surface area (Å²) in [7, 11) is 0. The van der Waals surface area contributed by atoms with Gasteiger partial charge in [0.15, 0.2) is 0 Å². The first kappa shape index (κ1) is 19.6. The fraction of sp³-hybridized carbons (Fsp3) is 0.733. The first-order chi connectivity index (χ1) is 9.95. The summed E-state index contributed by atoms with van der Waals surface area (Å²) >= 11 is 0. The predicted octanol–water partition coefficient (Wildman–Crippen LogP) is 1.35. The number of aliphatic carboxylic acids is 1. The number of nitrogens with one attached hydrogen (secondary N) is 1. The highest BCUT2D eigenvalue weighted by atomic mass is 16.4. The Bertz CT molecular complexity index is 330. The van der Waals surface area contributed by atoms with Gasteiger partial charge in [-0.05, 0) is 33.1 Å². The molecule has 0 aromatic heterocycles. The maximum atomic E-state index is 11.7. The van der Waals surface area contributed by atoms with E-state index in [9.17, 15) is 14.7 Å². The highest BCUT2D eigenvalue weighted by Crippen LogP contribution is 2.01. The van der Waals surface area contributed by atoms with E-state index in [1.165, 1.54) is 0 Å². The molecule has 0 fully saturated rings. The van der Waals surface area contributed by atoms with Gasteiger partial charge >= 0.3 is 5.97 Å². The molecule has 0 aliphatic heterocycles. The van der Waals surface area contributed by atoms with Crippen LogP contribution in [-0.2, 0) is 9.59 Å². The number of allylic oxidation sites excluding steroid dienone is 2. The van der Waals surface area contributed by atoms with Crippen molar-refractivity contribution >= 4 is 11.9 Å². The lowest BCUT2D eigenvalue weighted by Gasteiger charge is -2.23. The van der Waals surface area contributed by atoms with E-state index in [4.69, 9.17) is 5.11 Å². The van der Waals surface area contributed by atoms with E-state index >= 15 is 0 Å². The highest BCUT2D eigenvalue weighted by molar-refractivity contribution is 5.75. The van der Waals surface area contributed by atoms with Gasteiger partial charge < -0.3 is 15.5 Å². The molecule has 0 saturated heterocycles. The van der Waals surface area contributed by atoms with Crippen molar-refractivity contribution in [3.05, 3.63) is 12.2 Å². The van der Waals surface area contributed by atoms with Crippen LogP contribution in [0, 0.1) is 0 Å². The Balaban J connectivity index is 3.92. The molecule has 6 heteroatoms. The topological polar surface area (TPSA) is 89.9 Å². The molecule has 0 aromatic rings. The van der Waals surface area contributed by atoms with Crippen LogP contribution in [-0.4, -0.2) is 52.9 Å². The van der Waals surface area contributed by atoms with Crippen LogP contribution in [0.3, 0.4) is 0 Å². The Morgan fingerprint density at radius 3 is 2.57 bits per heavy atom. The summed E-state index contributed by atoms with van der Waals surface area (Å²) in [6.45, 7) is 4.53. The Hall–Kier alpha value is -1.40. The van der Waals surface area contributed by atoms with Gasteiger partial charge in [0.25, 0.3) is 0 Å². The molecule has 1 amide bonds. The molecular formula is C15H28N2O4. The number of aliphatic hydroxyl groups excluding tert-OH is 1. The molecular weight excluding hydrogens is 272 g/mol. The molecule has 0 saturated carbocycles. The lowest BCUT2D eigenvalue weighted by Crippen LogP contribution is -2.41. The van der Waals surface area contributed by atoms with Crippen LogP contribution in [0.5, 0.6) is 0 Å². The summed E-state index contributed by atoms with van der Waals surface area (Å²) in [5.41, 5.74) is 0. The van der Waals surface area contributed by atoms with Gasteiger partial charge in [0.2, 0.25) is 5.91 Å². The minimum absolute atomic E-state index is 0.00799. The van der Waals surface area contributed by atoms with Crippen molar-refractivity contribution < 1.29 is 19.8 Å². The lowest BCUT2D eigenvalue weighted by atomic mass is 10.2. The SMILES string of the molecule is C/C=C/CCCCC(=O)NCN(CCC(=O)O)CC(C)O. The van der Waals surface area contributed by atoms with E-state index in [0.29, 0.717) is 19.5 Å². The van der Waals surface area contributed by atoms with E-state index in [-0.39, 0.29) is 19.0 Å². The Morgan fingerprint density at radius 1 is 1.29 bits per heavy atom. The maximum Gasteiger partial charge on any atom is 0.304 e. The number of carboxylic acids is 1. The summed E-state index contributed by atoms with van der Waals surface area (Å²) < 4.78 is 0. The van der Waals surface area contributed by atoms with Crippen LogP contribution >= 0.6 is 0 Å². The van der Waals surface area contributed by atoms with E-state index in [0.717, 1.165) is 19.3 Å². The zero-order chi connectivity index (χ0) is 16.1. The summed E-state index contributed by atoms with van der Waals surface area (Å²) in [6.07, 6.45) is 6.78. The molecule has 6 nitrogen and oxygen atoms in total. The van der Waals surface area contributed by atoms with Crippen LogP contribution in [0.4, 0.5) is 0 Å². The number of unbranched alkanes of at least 4 members (excludes halogenated alkanes) is 2. The Kier molecular flexibility index (Phi) is 11.5. The Labute approximate surface area is 126 Å². The summed E-state index contributed by atoms with van der Waals surface area (Å²) in [6, 6.07) is 0. The number of carbonyl (C=O) groups excluding carboxylic acids is 1. The molecule has 21 heavy (non-hydrogen) atoms. The second kappa shape index (κ2) is 12.3. The van der Waals surface area contributed by atoms with Crippen LogP contribution < -0.4 is 5.32 Å². The average Bonchev–Trinajstić information content (AvgIpc) is 2.41. The molecule has 0 radical (unpaired) electrons. The van der Waals surface area contributed by atoms with Crippen molar-refractivity contribution in [1.82, 2.24) is 10.2 Å². The smallest absolute Gasteiger partial charge is 0.304 e. The zero-order valence-corrected chi connectivity index (χ0v) is 13.0. The summed E-state index contributed by atoms with van der Waals surface area (Å²) in [4.78, 5) is 24.0. The van der Waals surface area contributed by atoms with Gasteiger partial charge in [-0.2, -0.15) is 0 Å². The van der Waals surface area contributed by atoms with Gasteiger partial charge in [0, 0.05) is 19.5 Å². The lowest BCUT2D eigenvalue weighted by molar-refractivity contribution is -0.137. The third kappa shape index (κ3) is 13.3. The van der Waals surface area contributed by atoms with Crippen molar-refractivity contribution in [2.75, 3.05) is 19.8 Å². The third-order valence-corrected chi connectivity index (χ3v) is 2.92. The second-order valence-electron chi connectivity index (χ2n) is 5.14. The quantitative estimate of drug-likeness (QED) is 0.288. The predicted molar refractivity (Wildman–Crippen MR) is 81.8 cm³/mol. The molecule has 0 aromatic carbocycles. The summed E-state index contributed by atoms with van der Waals surface area (Å²) in [5.74, 6) is -0.928. The number of nitrogens with zero attached hydrogens (tertiary/aromatic N) is 1. The zero-order valence-electron chi connectivity index (χ0n) is 13.0. The van der Waals surface area contributed by atoms with Crippen molar-refractivity contribution in [2.45, 2.75) is 52.1 Å². The van der Waals surface area contributed by atoms with Gasteiger partial charge in [-0.25, -0.2) is 0 Å². The van der Waals surface area contributed by atoms with Crippen LogP contribution in [0.1, 0.15) is 46.0 Å². The second-order valence-corrected chi connectivity index (χ2v) is 5.14. The van der Waals surface area contributed by atoms with Crippen molar-refractivity contribution in [3.63, 3.8) is 0 Å². The number of aliphatic hydroxyl groups is 1. The van der Waals surface area contributed by atoms with Gasteiger partial charge in [-0.15, -0.1) is 0 Å². The molecule has 3 N–H and O–H groups in total. The Morgan fingerprint density at radius 2 is 2.00 bits per heavy atom. The van der Waals surface area contributed by atoms with E-state index in [1.807, 2.05) is 13.0 Å². The van der Waals surface area contributed by atoms with Crippen molar-refractivity contribution in [2.24, 2.45) is 0 Å². The van der Waals surface area contributed by atoms with Gasteiger partial charge in [-0.1, -0.05) is 12.2 Å². The molecule has 0 aliphatic carbocycles. The monoisotopic (exact) mass is 300 g/mol. The van der Waals surface area contributed by atoms with Crippen LogP contribution in [0.15, 0.2) is 12.2 Å². The van der Waals surface area contributed by atoms with Gasteiger partial charge in [-0.3, -0.25) is 14.5 Å². The molecule has 1 atom stereocenters. The van der Waals surface area contributed by atoms with Crippen molar-refractivity contribution in [3.8, 4) is 0 Å². The number of hydrogen-bond donors (Lipinski definition) is 3. The van der Waals surface area contributed by atoms with Crippen LogP contribution in [0.25, 0.3) is 0 Å². The van der Waals surface area contributed by atoms with E-state index < -0.39 is 12.1 Å². The molecule has 0 heterocycles. The fourth-order valence-corrected chi connectivity index (χ4v) is 1.87. The molecule has 0 rings (SSSR count). The van der Waals surface area contributed by atoms with Crippen molar-refractivity contribution in [1.29, 1.82) is 0 Å². The number of rotatable bonds is 12. The number of carboxylic acid groups (broad SMARTS) is 1. The number of amides is 1. The minimum Gasteiger partial charge on any atom is -0.481 e. The minimum atomic E-state index is -0.888. The third-order valence-electron chi connectivity index (χ3n) is 2.92. The molecule has 0 aliphatic rings. The first-order valence-corrected chi connectivity index (χ1v) is 7.45. The van der Waals surface area contributed by atoms with E-state index in [1.54, 1.807) is 11.8 Å².